The topological polar surface area (TPSA) is 97.7 Å². The first-order valence-electron chi connectivity index (χ1n) is 10.2. The summed E-state index contributed by atoms with van der Waals surface area (Å²) < 4.78 is 32.6. The fraction of sp³-hybridized carbons (Fsp3) is 0.619. The molecule has 0 bridgehead atoms. The van der Waals surface area contributed by atoms with Gasteiger partial charge in [0.1, 0.15) is 6.29 Å². The van der Waals surface area contributed by atoms with Gasteiger partial charge in [0.2, 0.25) is 0 Å². The maximum absolute atomic E-state index is 13.7. The summed E-state index contributed by atoms with van der Waals surface area (Å²) in [5, 5.41) is 1.39. The van der Waals surface area contributed by atoms with Gasteiger partial charge in [-0.2, -0.15) is 0 Å². The summed E-state index contributed by atoms with van der Waals surface area (Å²) in [7, 11) is 3.23. The predicted molar refractivity (Wildman–Crippen MR) is 118 cm³/mol. The highest BCUT2D eigenvalue weighted by atomic mass is 19.3. The number of carbonyl (C=O) groups excluding carboxylic acids is 1. The van der Waals surface area contributed by atoms with Gasteiger partial charge in [0.05, 0.1) is 41.6 Å². The molecule has 1 saturated heterocycles. The number of methoxy groups -OCH3 is 1. The van der Waals surface area contributed by atoms with Gasteiger partial charge < -0.3 is 25.2 Å². The number of carbonyl (C=O) groups is 1. The lowest BCUT2D eigenvalue weighted by molar-refractivity contribution is -0.106. The first-order chi connectivity index (χ1) is 14.2. The minimum Gasteiger partial charge on any atom is -0.395 e. The van der Waals surface area contributed by atoms with Crippen LogP contribution in [0.5, 0.6) is 0 Å². The standard InChI is InChI=1S/C17H27F2N5O.C2H4O.C2H6/c1-4-12-14(24-9-5-8-17(18,19)11-24)7-6-13(22-12)16(20)15(10-25-3)23(2)21;1-2-3;1-2/h6-7H,4-5,8-11,20-21H2,1-3H3;2H,1H3;1-2H3/b16-15-;;. The largest absolute Gasteiger partial charge is 0.395 e. The number of hydrogen-bond donors (Lipinski definition) is 2. The van der Waals surface area contributed by atoms with Gasteiger partial charge in [-0.05, 0) is 31.9 Å². The minimum atomic E-state index is -2.66. The van der Waals surface area contributed by atoms with Crippen molar-refractivity contribution >= 4 is 17.7 Å². The molecule has 1 aliphatic heterocycles. The molecule has 7 nitrogen and oxygen atoms in total. The predicted octanol–water partition coefficient (Wildman–Crippen LogP) is 3.19. The molecule has 0 saturated carbocycles. The third-order valence-corrected chi connectivity index (χ3v) is 4.31. The van der Waals surface area contributed by atoms with Gasteiger partial charge in [0.15, 0.2) is 0 Å². The zero-order chi connectivity index (χ0) is 23.3. The molecule has 0 atom stereocenters. The van der Waals surface area contributed by atoms with Crippen molar-refractivity contribution in [3.8, 4) is 0 Å². The van der Waals surface area contributed by atoms with E-state index in [9.17, 15) is 8.78 Å². The third-order valence-electron chi connectivity index (χ3n) is 4.31. The van der Waals surface area contributed by atoms with E-state index in [0.29, 0.717) is 36.5 Å². The SMILES string of the molecule is CC.CC=O.CCc1nc(/C(N)=C(\COC)N(C)N)ccc1N1CCCC(F)(F)C1. The average molecular weight is 430 g/mol. The quantitative estimate of drug-likeness (QED) is 0.407. The molecule has 1 aromatic heterocycles. The molecule has 0 amide bonds. The van der Waals surface area contributed by atoms with Crippen LogP contribution < -0.4 is 16.5 Å². The molecule has 0 radical (unpaired) electrons. The fourth-order valence-corrected chi connectivity index (χ4v) is 3.02. The molecule has 2 heterocycles. The molecular weight excluding hydrogens is 392 g/mol. The van der Waals surface area contributed by atoms with Crippen LogP contribution in [-0.4, -0.2) is 56.1 Å². The number of rotatable bonds is 6. The number of halogens is 2. The Labute approximate surface area is 179 Å². The Morgan fingerprint density at radius 2 is 2.00 bits per heavy atom. The van der Waals surface area contributed by atoms with Crippen molar-refractivity contribution in [2.75, 3.05) is 38.8 Å². The number of alkyl halides is 2. The first-order valence-corrected chi connectivity index (χ1v) is 10.2. The Kier molecular flexibility index (Phi) is 12.8. The molecule has 1 fully saturated rings. The molecular formula is C21H37F2N5O2. The van der Waals surface area contributed by atoms with Crippen LogP contribution in [0.2, 0.25) is 0 Å². The summed E-state index contributed by atoms with van der Waals surface area (Å²) in [6, 6.07) is 3.56. The van der Waals surface area contributed by atoms with Crippen LogP contribution in [0.4, 0.5) is 14.5 Å². The molecule has 30 heavy (non-hydrogen) atoms. The zero-order valence-electron chi connectivity index (χ0n) is 19.0. The second-order valence-corrected chi connectivity index (χ2v) is 6.54. The van der Waals surface area contributed by atoms with Crippen LogP contribution in [-0.2, 0) is 16.0 Å². The number of hydrazine groups is 1. The van der Waals surface area contributed by atoms with Gasteiger partial charge in [-0.15, -0.1) is 0 Å². The third kappa shape index (κ3) is 8.23. The lowest BCUT2D eigenvalue weighted by Gasteiger charge is -2.35. The van der Waals surface area contributed by atoms with E-state index in [0.717, 1.165) is 17.7 Å². The molecule has 2 rings (SSSR count). The smallest absolute Gasteiger partial charge is 0.265 e. The lowest BCUT2D eigenvalue weighted by atomic mass is 10.1. The van der Waals surface area contributed by atoms with E-state index < -0.39 is 5.92 Å². The van der Waals surface area contributed by atoms with Crippen LogP contribution in [0.3, 0.4) is 0 Å². The second kappa shape index (κ2) is 13.9. The maximum Gasteiger partial charge on any atom is 0.265 e. The maximum atomic E-state index is 13.7. The highest BCUT2D eigenvalue weighted by molar-refractivity contribution is 5.65. The van der Waals surface area contributed by atoms with Gasteiger partial charge in [-0.25, -0.2) is 19.6 Å². The Hall–Kier alpha value is -2.26. The lowest BCUT2D eigenvalue weighted by Crippen LogP contribution is -2.43. The van der Waals surface area contributed by atoms with Gasteiger partial charge in [0.25, 0.3) is 5.92 Å². The Morgan fingerprint density at radius 1 is 1.40 bits per heavy atom. The van der Waals surface area contributed by atoms with E-state index in [-0.39, 0.29) is 19.6 Å². The van der Waals surface area contributed by atoms with Gasteiger partial charge in [-0.1, -0.05) is 20.8 Å². The first kappa shape index (κ1) is 27.7. The number of hydrogen-bond acceptors (Lipinski definition) is 7. The molecule has 1 aromatic rings. The van der Waals surface area contributed by atoms with Gasteiger partial charge in [-0.3, -0.25) is 0 Å². The van der Waals surface area contributed by atoms with Crippen molar-refractivity contribution in [3.63, 3.8) is 0 Å². The summed E-state index contributed by atoms with van der Waals surface area (Å²) in [4.78, 5) is 15.1. The second-order valence-electron chi connectivity index (χ2n) is 6.54. The monoisotopic (exact) mass is 429 g/mol. The molecule has 1 aliphatic rings. The highest BCUT2D eigenvalue weighted by Crippen LogP contribution is 2.32. The minimum absolute atomic E-state index is 0.0601. The summed E-state index contributed by atoms with van der Waals surface area (Å²) in [5.41, 5.74) is 9.28. The number of nitrogens with zero attached hydrogens (tertiary/aromatic N) is 3. The number of pyridine rings is 1. The van der Waals surface area contributed by atoms with Crippen molar-refractivity contribution in [2.24, 2.45) is 11.6 Å². The summed E-state index contributed by atoms with van der Waals surface area (Å²) in [5.74, 6) is 3.15. The molecule has 4 N–H and O–H groups in total. The Bertz CT molecular complexity index is 681. The fourth-order valence-electron chi connectivity index (χ4n) is 3.02. The van der Waals surface area contributed by atoms with Crippen molar-refractivity contribution in [1.82, 2.24) is 9.99 Å². The van der Waals surface area contributed by atoms with Crippen LogP contribution in [0.1, 0.15) is 51.9 Å². The highest BCUT2D eigenvalue weighted by Gasteiger charge is 2.35. The van der Waals surface area contributed by atoms with Crippen molar-refractivity contribution in [2.45, 2.75) is 52.9 Å². The van der Waals surface area contributed by atoms with Gasteiger partial charge in [0, 0.05) is 27.1 Å². The number of nitrogens with two attached hydrogens (primary N) is 2. The van der Waals surface area contributed by atoms with Crippen LogP contribution >= 0.6 is 0 Å². The van der Waals surface area contributed by atoms with Crippen molar-refractivity contribution in [1.29, 1.82) is 0 Å². The van der Waals surface area contributed by atoms with E-state index >= 15 is 0 Å². The molecule has 0 unspecified atom stereocenters. The molecule has 0 aromatic carbocycles. The number of ether oxygens (including phenoxy) is 1. The van der Waals surface area contributed by atoms with E-state index in [1.165, 1.54) is 11.9 Å². The number of aromatic nitrogens is 1. The van der Waals surface area contributed by atoms with Crippen molar-refractivity contribution in [3.05, 3.63) is 29.2 Å². The Morgan fingerprint density at radius 3 is 2.47 bits per heavy atom. The number of piperidine rings is 1. The van der Waals surface area contributed by atoms with Crippen molar-refractivity contribution < 1.29 is 18.3 Å². The number of aryl methyl sites for hydroxylation is 1. The van der Waals surface area contributed by atoms with Crippen LogP contribution in [0.15, 0.2) is 17.8 Å². The van der Waals surface area contributed by atoms with Crippen LogP contribution in [0.25, 0.3) is 5.70 Å². The number of likely N-dealkylation sites (N-methyl/N-ethyl adjacent to an activating group) is 1. The molecule has 0 aliphatic carbocycles. The normalized spacial score (nSPS) is 15.7. The van der Waals surface area contributed by atoms with E-state index in [1.807, 2.05) is 26.8 Å². The molecule has 0 spiro atoms. The average Bonchev–Trinajstić information content (AvgIpc) is 2.72. The molecule has 9 heteroatoms. The number of anilines is 1. The van der Waals surface area contributed by atoms with E-state index in [2.05, 4.69) is 4.98 Å². The molecule has 172 valence electrons. The number of aldehydes is 1. The van der Waals surface area contributed by atoms with E-state index in [1.54, 1.807) is 25.1 Å². The summed E-state index contributed by atoms with van der Waals surface area (Å²) in [6.07, 6.45) is 1.78. The summed E-state index contributed by atoms with van der Waals surface area (Å²) in [6.45, 7) is 7.98. The van der Waals surface area contributed by atoms with Crippen LogP contribution in [0, 0.1) is 0 Å². The van der Waals surface area contributed by atoms with E-state index in [4.69, 9.17) is 21.1 Å². The zero-order valence-corrected chi connectivity index (χ0v) is 19.0. The van der Waals surface area contributed by atoms with Gasteiger partial charge >= 0.3 is 0 Å². The summed E-state index contributed by atoms with van der Waals surface area (Å²) >= 11 is 0. The Balaban J connectivity index is 0.00000154.